The van der Waals surface area contributed by atoms with Crippen LogP contribution >= 0.6 is 0 Å². The fourth-order valence-corrected chi connectivity index (χ4v) is 3.88. The highest BCUT2D eigenvalue weighted by atomic mass is 19.1. The van der Waals surface area contributed by atoms with Gasteiger partial charge in [-0.2, -0.15) is 0 Å². The summed E-state index contributed by atoms with van der Waals surface area (Å²) in [5, 5.41) is 3.33. The number of hydrogen-bond acceptors (Lipinski definition) is 4. The predicted molar refractivity (Wildman–Crippen MR) is 139 cm³/mol. The van der Waals surface area contributed by atoms with Crippen molar-refractivity contribution in [3.63, 3.8) is 0 Å². The topological polar surface area (TPSA) is 100 Å². The molecule has 0 unspecified atom stereocenters. The molecule has 3 aromatic rings. The molecule has 0 fully saturated rings. The number of nitrogens with zero attached hydrogens (tertiary/aromatic N) is 3. The summed E-state index contributed by atoms with van der Waals surface area (Å²) in [7, 11) is 3.34. The predicted octanol–water partition coefficient (Wildman–Crippen LogP) is 4.25. The van der Waals surface area contributed by atoms with E-state index in [0.29, 0.717) is 19.3 Å². The minimum Gasteiger partial charge on any atom is -0.357 e. The van der Waals surface area contributed by atoms with Crippen molar-refractivity contribution in [1.29, 1.82) is 0 Å². The highest BCUT2D eigenvalue weighted by Gasteiger charge is 2.17. The van der Waals surface area contributed by atoms with E-state index in [9.17, 15) is 18.8 Å². The van der Waals surface area contributed by atoms with Gasteiger partial charge < -0.3 is 19.8 Å². The number of unbranched alkanes of at least 4 members (excludes halogenated alkanes) is 1. The van der Waals surface area contributed by atoms with Crippen LogP contribution in [-0.2, 0) is 22.6 Å². The minimum absolute atomic E-state index is 0.0128. The van der Waals surface area contributed by atoms with Crippen LogP contribution in [0.25, 0.3) is 10.9 Å². The lowest BCUT2D eigenvalue weighted by molar-refractivity contribution is -0.123. The third-order valence-electron chi connectivity index (χ3n) is 5.54. The maximum absolute atomic E-state index is 14.2. The Morgan fingerprint density at radius 2 is 1.97 bits per heavy atom. The first kappa shape index (κ1) is 26.8. The molecule has 0 aliphatic rings. The third-order valence-corrected chi connectivity index (χ3v) is 5.54. The van der Waals surface area contributed by atoms with Crippen LogP contribution in [0.3, 0.4) is 0 Å². The van der Waals surface area contributed by atoms with E-state index < -0.39 is 5.56 Å². The number of nitrogens with one attached hydrogen (secondary N) is 2. The van der Waals surface area contributed by atoms with Gasteiger partial charge in [0, 0.05) is 49.5 Å². The monoisotopic (exact) mass is 495 g/mol. The van der Waals surface area contributed by atoms with Gasteiger partial charge in [0.15, 0.2) is 5.82 Å². The molecule has 0 radical (unpaired) electrons. The molecule has 0 spiro atoms. The summed E-state index contributed by atoms with van der Waals surface area (Å²) < 4.78 is 15.7. The van der Waals surface area contributed by atoms with Gasteiger partial charge >= 0.3 is 0 Å². The number of benzene rings is 1. The molecule has 2 amide bonds. The van der Waals surface area contributed by atoms with E-state index in [1.165, 1.54) is 27.8 Å². The number of likely N-dealkylation sites (N-methyl/N-ethyl adjacent to an activating group) is 1. The molecule has 36 heavy (non-hydrogen) atoms. The number of hydrogen-bond donors (Lipinski definition) is 2. The highest BCUT2D eigenvalue weighted by Crippen LogP contribution is 2.28. The molecule has 0 saturated heterocycles. The van der Waals surface area contributed by atoms with E-state index in [1.54, 1.807) is 32.4 Å². The summed E-state index contributed by atoms with van der Waals surface area (Å²) in [6, 6.07) is 4.87. The number of carbonyl (C=O) groups excluding carboxylic acids is 2. The summed E-state index contributed by atoms with van der Waals surface area (Å²) in [6.45, 7) is 6.52. The third kappa shape index (κ3) is 7.37. The second-order valence-corrected chi connectivity index (χ2v) is 10.3. The zero-order valence-corrected chi connectivity index (χ0v) is 21.5. The van der Waals surface area contributed by atoms with Gasteiger partial charge in [-0.25, -0.2) is 9.37 Å². The molecule has 3 rings (SSSR count). The Kier molecular flexibility index (Phi) is 8.45. The molecule has 0 atom stereocenters. The fourth-order valence-electron chi connectivity index (χ4n) is 3.88. The Balaban J connectivity index is 1.68. The molecule has 1 aromatic carbocycles. The molecule has 2 heterocycles. The van der Waals surface area contributed by atoms with Crippen LogP contribution in [0.5, 0.6) is 0 Å². The van der Waals surface area contributed by atoms with E-state index in [1.807, 2.05) is 6.07 Å². The van der Waals surface area contributed by atoms with Crippen molar-refractivity contribution in [3.05, 3.63) is 70.2 Å². The zero-order chi connectivity index (χ0) is 26.5. The van der Waals surface area contributed by atoms with Crippen molar-refractivity contribution in [2.75, 3.05) is 19.4 Å². The molecule has 192 valence electrons. The molecule has 8 nitrogen and oxygen atoms in total. The number of amides is 2. The van der Waals surface area contributed by atoms with Gasteiger partial charge in [0.05, 0.1) is 6.54 Å². The Morgan fingerprint density at radius 3 is 2.67 bits per heavy atom. The molecule has 0 saturated carbocycles. The van der Waals surface area contributed by atoms with E-state index in [-0.39, 0.29) is 41.8 Å². The Bertz CT molecular complexity index is 1330. The number of carbonyl (C=O) groups is 2. The largest absolute Gasteiger partial charge is 0.357 e. The van der Waals surface area contributed by atoms with Gasteiger partial charge in [0.1, 0.15) is 5.82 Å². The van der Waals surface area contributed by atoms with Crippen LogP contribution < -0.4 is 10.9 Å². The van der Waals surface area contributed by atoms with Crippen molar-refractivity contribution in [2.45, 2.75) is 53.0 Å². The van der Waals surface area contributed by atoms with Gasteiger partial charge in [0.2, 0.25) is 11.8 Å². The van der Waals surface area contributed by atoms with Crippen LogP contribution in [-0.4, -0.2) is 45.3 Å². The van der Waals surface area contributed by atoms with Gasteiger partial charge in [-0.05, 0) is 54.5 Å². The van der Waals surface area contributed by atoms with Crippen molar-refractivity contribution in [3.8, 4) is 0 Å². The zero-order valence-electron chi connectivity index (χ0n) is 21.5. The second kappa shape index (κ2) is 11.3. The lowest BCUT2D eigenvalue weighted by Crippen LogP contribution is -2.27. The maximum atomic E-state index is 14.2. The van der Waals surface area contributed by atoms with Crippen molar-refractivity contribution in [2.24, 2.45) is 5.41 Å². The molecule has 9 heteroatoms. The number of fused-ring (bicyclic) bond motifs is 1. The van der Waals surface area contributed by atoms with Crippen LogP contribution in [0, 0.1) is 11.2 Å². The standard InChI is InChI=1S/C27H34FN5O3/c1-27(2,3)16-19-14-20(28)13-18-15-21(30-24(18)19)17-33-12-11-29-25(26(33)36)31-22(34)9-7-6-8-10-23(35)32(4)5/h8,10-15,30H,6-7,9,16-17H2,1-5H3,(H,29,31,34)/b10-8+. The number of halogens is 1. The first-order chi connectivity index (χ1) is 16.9. The van der Waals surface area contributed by atoms with Crippen LogP contribution in [0.15, 0.2) is 47.5 Å². The van der Waals surface area contributed by atoms with Crippen LogP contribution in [0.4, 0.5) is 10.2 Å². The average molecular weight is 496 g/mol. The summed E-state index contributed by atoms with van der Waals surface area (Å²) in [5.41, 5.74) is 2.05. The van der Waals surface area contributed by atoms with E-state index in [2.05, 4.69) is 36.1 Å². The SMILES string of the molecule is CN(C)C(=O)/C=C/CCCC(=O)Nc1nccn(Cc2cc3cc(F)cc(CC(C)(C)C)c3[nH]2)c1=O. The Morgan fingerprint density at radius 1 is 1.22 bits per heavy atom. The first-order valence-corrected chi connectivity index (χ1v) is 12.0. The smallest absolute Gasteiger partial charge is 0.294 e. The summed E-state index contributed by atoms with van der Waals surface area (Å²) in [6.07, 6.45) is 8.20. The molecule has 0 aliphatic heterocycles. The number of allylic oxidation sites excluding steroid dienone is 1. The summed E-state index contributed by atoms with van der Waals surface area (Å²) >= 11 is 0. The highest BCUT2D eigenvalue weighted by molar-refractivity contribution is 5.89. The lowest BCUT2D eigenvalue weighted by Gasteiger charge is -2.18. The van der Waals surface area contributed by atoms with Crippen molar-refractivity contribution in [1.82, 2.24) is 19.4 Å². The van der Waals surface area contributed by atoms with Gasteiger partial charge in [-0.1, -0.05) is 26.8 Å². The maximum Gasteiger partial charge on any atom is 0.294 e. The lowest BCUT2D eigenvalue weighted by atomic mass is 9.87. The van der Waals surface area contributed by atoms with Crippen LogP contribution in [0.1, 0.15) is 51.3 Å². The summed E-state index contributed by atoms with van der Waals surface area (Å²) in [5.74, 6) is -0.772. The normalized spacial score (nSPS) is 11.8. The molecular weight excluding hydrogens is 461 g/mol. The van der Waals surface area contributed by atoms with Crippen LogP contribution in [0.2, 0.25) is 0 Å². The average Bonchev–Trinajstić information content (AvgIpc) is 3.17. The quantitative estimate of drug-likeness (QED) is 0.342. The number of aromatic amines is 1. The Labute approximate surface area is 210 Å². The number of aromatic nitrogens is 3. The first-order valence-electron chi connectivity index (χ1n) is 12.0. The number of H-pyrrole nitrogens is 1. The Hall–Kier alpha value is -3.75. The molecular formula is C27H34FN5O3. The number of rotatable bonds is 9. The van der Waals surface area contributed by atoms with Gasteiger partial charge in [-0.3, -0.25) is 14.4 Å². The molecule has 2 N–H and O–H groups in total. The van der Waals surface area contributed by atoms with Crippen molar-refractivity contribution >= 4 is 28.5 Å². The van der Waals surface area contributed by atoms with E-state index >= 15 is 0 Å². The number of anilines is 1. The molecule has 0 bridgehead atoms. The van der Waals surface area contributed by atoms with Gasteiger partial charge in [0.25, 0.3) is 5.56 Å². The fraction of sp³-hybridized carbons (Fsp3) is 0.407. The summed E-state index contributed by atoms with van der Waals surface area (Å²) in [4.78, 5) is 45.6. The molecule has 0 aliphatic carbocycles. The van der Waals surface area contributed by atoms with Gasteiger partial charge in [-0.15, -0.1) is 0 Å². The van der Waals surface area contributed by atoms with E-state index in [0.717, 1.165) is 22.2 Å². The molecule has 2 aromatic heterocycles. The van der Waals surface area contributed by atoms with Crippen molar-refractivity contribution < 1.29 is 14.0 Å². The van der Waals surface area contributed by atoms with E-state index in [4.69, 9.17) is 0 Å². The minimum atomic E-state index is -0.429. The second-order valence-electron chi connectivity index (χ2n) is 10.3.